The van der Waals surface area contributed by atoms with Gasteiger partial charge < -0.3 is 9.32 Å². The number of benzene rings is 7. The molecule has 0 N–H and O–H groups in total. The molecule has 0 saturated heterocycles. The molecule has 3 heteroatoms. The number of nitrogens with zero attached hydrogens (tertiary/aromatic N) is 1. The Morgan fingerprint density at radius 3 is 1.90 bits per heavy atom. The van der Waals surface area contributed by atoms with E-state index < -0.39 is 0 Å². The van der Waals surface area contributed by atoms with Crippen LogP contribution in [0, 0.1) is 0 Å². The lowest BCUT2D eigenvalue weighted by atomic mass is 9.82. The first-order chi connectivity index (χ1) is 25.3. The van der Waals surface area contributed by atoms with Crippen LogP contribution in [0.4, 0.5) is 17.1 Å². The topological polar surface area (TPSA) is 16.4 Å². The van der Waals surface area contributed by atoms with E-state index in [4.69, 9.17) is 4.42 Å². The molecule has 0 radical (unpaired) electrons. The first kappa shape index (κ1) is 30.2. The summed E-state index contributed by atoms with van der Waals surface area (Å²) in [7, 11) is 0. The normalized spacial score (nSPS) is 13.8. The molecule has 0 atom stereocenters. The van der Waals surface area contributed by atoms with Crippen molar-refractivity contribution in [3.05, 3.63) is 163 Å². The monoisotopic (exact) mass is 675 g/mol. The summed E-state index contributed by atoms with van der Waals surface area (Å²) in [5.41, 5.74) is 11.6. The summed E-state index contributed by atoms with van der Waals surface area (Å²) in [4.78, 5) is 2.44. The molecule has 1 saturated carbocycles. The molecule has 0 bridgehead atoms. The molecule has 1 aliphatic rings. The maximum atomic E-state index is 6.24. The van der Waals surface area contributed by atoms with Gasteiger partial charge in [0.05, 0.1) is 10.4 Å². The zero-order valence-electron chi connectivity index (χ0n) is 28.4. The lowest BCUT2D eigenvalue weighted by Crippen LogP contribution is -2.10. The van der Waals surface area contributed by atoms with Gasteiger partial charge in [-0.05, 0) is 101 Å². The summed E-state index contributed by atoms with van der Waals surface area (Å²) in [6, 6.07) is 57.4. The second kappa shape index (κ2) is 12.6. The number of hydrogen-bond acceptors (Lipinski definition) is 3. The molecule has 2 aromatic heterocycles. The van der Waals surface area contributed by atoms with Crippen LogP contribution in [0.15, 0.2) is 162 Å². The molecule has 1 fully saturated rings. The summed E-state index contributed by atoms with van der Waals surface area (Å²) in [5.74, 6) is 0.650. The summed E-state index contributed by atoms with van der Waals surface area (Å²) < 4.78 is 8.96. The molecule has 1 aliphatic carbocycles. The summed E-state index contributed by atoms with van der Waals surface area (Å²) >= 11 is 1.93. The predicted octanol–water partition coefficient (Wildman–Crippen LogP) is 14.8. The fourth-order valence-electron chi connectivity index (χ4n) is 8.36. The third-order valence-electron chi connectivity index (χ3n) is 10.9. The van der Waals surface area contributed by atoms with Crippen LogP contribution in [-0.2, 0) is 0 Å². The Labute approximate surface area is 302 Å². The zero-order chi connectivity index (χ0) is 33.7. The first-order valence-electron chi connectivity index (χ1n) is 18.2. The summed E-state index contributed by atoms with van der Waals surface area (Å²) in [6.07, 6.45) is 6.64. The van der Waals surface area contributed by atoms with Crippen molar-refractivity contribution in [3.8, 4) is 22.3 Å². The van der Waals surface area contributed by atoms with Gasteiger partial charge in [0.25, 0.3) is 0 Å². The molecule has 9 aromatic rings. The van der Waals surface area contributed by atoms with Gasteiger partial charge in [-0.1, -0.05) is 122 Å². The average molecular weight is 676 g/mol. The average Bonchev–Trinajstić information content (AvgIpc) is 3.78. The highest BCUT2D eigenvalue weighted by Gasteiger charge is 2.23. The second-order valence-electron chi connectivity index (χ2n) is 13.9. The van der Waals surface area contributed by atoms with E-state index in [2.05, 4.69) is 150 Å². The van der Waals surface area contributed by atoms with Crippen molar-refractivity contribution < 1.29 is 4.42 Å². The fourth-order valence-corrected chi connectivity index (χ4v) is 9.60. The van der Waals surface area contributed by atoms with Crippen molar-refractivity contribution in [2.45, 2.75) is 38.0 Å². The van der Waals surface area contributed by atoms with Gasteiger partial charge in [0.2, 0.25) is 0 Å². The van der Waals surface area contributed by atoms with Crippen LogP contribution in [-0.4, -0.2) is 0 Å². The molecule has 7 aromatic carbocycles. The third-order valence-corrected chi connectivity index (χ3v) is 12.1. The molecule has 0 spiro atoms. The van der Waals surface area contributed by atoms with Gasteiger partial charge in [-0.25, -0.2) is 0 Å². The van der Waals surface area contributed by atoms with Crippen LogP contribution in [0.3, 0.4) is 0 Å². The maximum Gasteiger partial charge on any atom is 0.136 e. The van der Waals surface area contributed by atoms with E-state index in [0.29, 0.717) is 5.92 Å². The van der Waals surface area contributed by atoms with E-state index in [1.54, 1.807) is 5.56 Å². The van der Waals surface area contributed by atoms with Crippen molar-refractivity contribution in [2.24, 2.45) is 0 Å². The highest BCUT2D eigenvalue weighted by atomic mass is 32.1. The van der Waals surface area contributed by atoms with Gasteiger partial charge in [0.15, 0.2) is 0 Å². The number of anilines is 3. The number of furan rings is 1. The smallest absolute Gasteiger partial charge is 0.136 e. The molecule has 0 unspecified atom stereocenters. The van der Waals surface area contributed by atoms with Crippen LogP contribution in [0.5, 0.6) is 0 Å². The Morgan fingerprint density at radius 2 is 1.12 bits per heavy atom. The lowest BCUT2D eigenvalue weighted by molar-refractivity contribution is 0.445. The minimum Gasteiger partial charge on any atom is -0.456 e. The molecule has 0 aliphatic heterocycles. The van der Waals surface area contributed by atoms with Crippen LogP contribution in [0.1, 0.15) is 43.6 Å². The summed E-state index contributed by atoms with van der Waals surface area (Å²) in [5, 5.41) is 5.14. The number of rotatable bonds is 6. The quantitative estimate of drug-likeness (QED) is 0.174. The molecule has 2 heterocycles. The predicted molar refractivity (Wildman–Crippen MR) is 218 cm³/mol. The standard InChI is InChI=1S/C48H37NOS/c1-3-11-32(12-4-1)33-21-26-37(27-22-33)49(38-28-23-34(24-29-38)36-25-30-41-40-15-7-8-19-44(40)50-45(41)31-36)43-18-9-17-42-47-39(35-13-5-2-6-14-35)16-10-20-46(47)51-48(42)43/h1,3-4,7-12,15-31,35H,2,5-6,13-14H2. The fraction of sp³-hybridized carbons (Fsp3) is 0.125. The molecule has 10 rings (SSSR count). The second-order valence-corrected chi connectivity index (χ2v) is 15.0. The number of para-hydroxylation sites is 1. The molecule has 51 heavy (non-hydrogen) atoms. The van der Waals surface area contributed by atoms with Gasteiger partial charge in [0, 0.05) is 37.6 Å². The van der Waals surface area contributed by atoms with Gasteiger partial charge in [-0.2, -0.15) is 0 Å². The van der Waals surface area contributed by atoms with Gasteiger partial charge >= 0.3 is 0 Å². The Kier molecular flexibility index (Phi) is 7.46. The van der Waals surface area contributed by atoms with E-state index in [1.165, 1.54) is 69.1 Å². The van der Waals surface area contributed by atoms with Gasteiger partial charge in [-0.15, -0.1) is 11.3 Å². The number of fused-ring (bicyclic) bond motifs is 6. The Hall–Kier alpha value is -5.64. The zero-order valence-corrected chi connectivity index (χ0v) is 29.2. The Balaban J connectivity index is 1.10. The van der Waals surface area contributed by atoms with E-state index in [1.807, 2.05) is 23.5 Å². The molecular formula is C48H37NOS. The lowest BCUT2D eigenvalue weighted by Gasteiger charge is -2.26. The van der Waals surface area contributed by atoms with Crippen LogP contribution in [0.2, 0.25) is 0 Å². The van der Waals surface area contributed by atoms with Crippen molar-refractivity contribution in [1.82, 2.24) is 0 Å². The van der Waals surface area contributed by atoms with E-state index in [0.717, 1.165) is 44.4 Å². The van der Waals surface area contributed by atoms with Gasteiger partial charge in [0.1, 0.15) is 11.2 Å². The Bertz CT molecular complexity index is 2660. The minimum atomic E-state index is 0.650. The van der Waals surface area contributed by atoms with E-state index >= 15 is 0 Å². The molecule has 246 valence electrons. The third kappa shape index (κ3) is 5.32. The van der Waals surface area contributed by atoms with E-state index in [-0.39, 0.29) is 0 Å². The van der Waals surface area contributed by atoms with Crippen LogP contribution >= 0.6 is 11.3 Å². The van der Waals surface area contributed by atoms with Crippen molar-refractivity contribution in [2.75, 3.05) is 4.90 Å². The number of thiophene rings is 1. The highest BCUT2D eigenvalue weighted by Crippen LogP contribution is 2.48. The molecule has 2 nitrogen and oxygen atoms in total. The largest absolute Gasteiger partial charge is 0.456 e. The van der Waals surface area contributed by atoms with E-state index in [9.17, 15) is 0 Å². The Morgan fingerprint density at radius 1 is 0.490 bits per heavy atom. The number of hydrogen-bond donors (Lipinski definition) is 0. The highest BCUT2D eigenvalue weighted by molar-refractivity contribution is 7.26. The molecular weight excluding hydrogens is 639 g/mol. The van der Waals surface area contributed by atoms with Gasteiger partial charge in [-0.3, -0.25) is 0 Å². The minimum absolute atomic E-state index is 0.650. The van der Waals surface area contributed by atoms with Crippen LogP contribution < -0.4 is 4.90 Å². The van der Waals surface area contributed by atoms with Crippen LogP contribution in [0.25, 0.3) is 64.4 Å². The summed E-state index contributed by atoms with van der Waals surface area (Å²) in [6.45, 7) is 0. The first-order valence-corrected chi connectivity index (χ1v) is 19.0. The molecule has 0 amide bonds. The van der Waals surface area contributed by atoms with Crippen molar-refractivity contribution >= 4 is 70.5 Å². The maximum absolute atomic E-state index is 6.24. The van der Waals surface area contributed by atoms with Crippen molar-refractivity contribution in [1.29, 1.82) is 0 Å². The SMILES string of the molecule is c1ccc(-c2ccc(N(c3ccc(-c4ccc5c(c4)oc4ccccc45)cc3)c3cccc4c3sc3cccc(C5CCCCC5)c34)cc2)cc1. The van der Waals surface area contributed by atoms with Crippen molar-refractivity contribution in [3.63, 3.8) is 0 Å².